The molecule has 0 amide bonds. The maximum absolute atomic E-state index is 13.3. The Morgan fingerprint density at radius 1 is 0.966 bits per heavy atom. The number of phenolic OH excluding ortho intramolecular Hbond substituents is 1. The summed E-state index contributed by atoms with van der Waals surface area (Å²) in [5.74, 6) is 0.443. The number of fused-ring (bicyclic) bond motifs is 1. The predicted octanol–water partition coefficient (Wildman–Crippen LogP) is 6.33. The number of benzene rings is 3. The van der Waals surface area contributed by atoms with Crippen molar-refractivity contribution in [2.45, 2.75) is 0 Å². The highest BCUT2D eigenvalue weighted by atomic mass is 79.9. The van der Waals surface area contributed by atoms with Crippen LogP contribution in [0.1, 0.15) is 11.4 Å². The zero-order valence-electron chi connectivity index (χ0n) is 14.8. The van der Waals surface area contributed by atoms with E-state index in [1.165, 1.54) is 4.57 Å². The van der Waals surface area contributed by atoms with Gasteiger partial charge in [0.05, 0.1) is 26.6 Å². The molecule has 0 atom stereocenters. The van der Waals surface area contributed by atoms with Crippen LogP contribution in [0.3, 0.4) is 0 Å². The minimum absolute atomic E-state index is 0.106. The van der Waals surface area contributed by atoms with Crippen LogP contribution in [0.2, 0.25) is 10.0 Å². The number of para-hydroxylation sites is 2. The summed E-state index contributed by atoms with van der Waals surface area (Å²) in [5.41, 5.74) is 1.19. The van der Waals surface area contributed by atoms with Gasteiger partial charge in [0.15, 0.2) is 0 Å². The van der Waals surface area contributed by atoms with E-state index in [4.69, 9.17) is 23.2 Å². The molecule has 1 heterocycles. The molecule has 0 unspecified atom stereocenters. The van der Waals surface area contributed by atoms with Gasteiger partial charge in [0, 0.05) is 10.0 Å². The number of hydrogen-bond acceptors (Lipinski definition) is 3. The van der Waals surface area contributed by atoms with E-state index in [9.17, 15) is 9.90 Å². The van der Waals surface area contributed by atoms with Crippen molar-refractivity contribution in [3.63, 3.8) is 0 Å². The Kier molecular flexibility index (Phi) is 5.46. The van der Waals surface area contributed by atoms with E-state index in [1.54, 1.807) is 66.7 Å². The van der Waals surface area contributed by atoms with E-state index < -0.39 is 0 Å². The van der Waals surface area contributed by atoms with Crippen molar-refractivity contribution in [1.29, 1.82) is 0 Å². The summed E-state index contributed by atoms with van der Waals surface area (Å²) in [5, 5.41) is 11.2. The van der Waals surface area contributed by atoms with Gasteiger partial charge in [-0.3, -0.25) is 9.36 Å². The highest BCUT2D eigenvalue weighted by molar-refractivity contribution is 9.10. The van der Waals surface area contributed by atoms with Crippen molar-refractivity contribution in [3.8, 4) is 11.4 Å². The van der Waals surface area contributed by atoms with E-state index in [0.717, 1.165) is 4.47 Å². The van der Waals surface area contributed by atoms with E-state index in [1.807, 2.05) is 6.07 Å². The molecule has 0 saturated heterocycles. The zero-order chi connectivity index (χ0) is 20.5. The molecule has 29 heavy (non-hydrogen) atoms. The summed E-state index contributed by atoms with van der Waals surface area (Å²) in [6.07, 6.45) is 3.33. The smallest absolute Gasteiger partial charge is 0.266 e. The van der Waals surface area contributed by atoms with Gasteiger partial charge in [-0.25, -0.2) is 4.98 Å². The van der Waals surface area contributed by atoms with Crippen molar-refractivity contribution in [2.24, 2.45) is 0 Å². The average Bonchev–Trinajstić information content (AvgIpc) is 2.70. The first-order chi connectivity index (χ1) is 14.0. The lowest BCUT2D eigenvalue weighted by Crippen LogP contribution is -2.23. The van der Waals surface area contributed by atoms with Crippen LogP contribution in [0, 0.1) is 0 Å². The summed E-state index contributed by atoms with van der Waals surface area (Å²) in [6, 6.07) is 17.2. The number of aromatic nitrogens is 2. The molecule has 0 aliphatic rings. The largest absolute Gasteiger partial charge is 0.507 e. The van der Waals surface area contributed by atoms with Gasteiger partial charge >= 0.3 is 0 Å². The number of halogens is 3. The molecular formula is C22H13BrCl2N2O2. The molecule has 4 nitrogen and oxygen atoms in total. The van der Waals surface area contributed by atoms with Gasteiger partial charge in [-0.15, -0.1) is 0 Å². The van der Waals surface area contributed by atoms with Crippen molar-refractivity contribution in [2.75, 3.05) is 0 Å². The Balaban J connectivity index is 2.01. The van der Waals surface area contributed by atoms with Gasteiger partial charge in [0.1, 0.15) is 11.6 Å². The summed E-state index contributed by atoms with van der Waals surface area (Å²) in [7, 11) is 0. The Bertz CT molecular complexity index is 1310. The highest BCUT2D eigenvalue weighted by Gasteiger charge is 2.16. The van der Waals surface area contributed by atoms with Crippen LogP contribution in [0.4, 0.5) is 0 Å². The lowest BCUT2D eigenvalue weighted by Gasteiger charge is -2.14. The van der Waals surface area contributed by atoms with Gasteiger partial charge in [-0.05, 0) is 54.6 Å². The molecule has 1 aromatic heterocycles. The summed E-state index contributed by atoms with van der Waals surface area (Å²) >= 11 is 16.1. The summed E-state index contributed by atoms with van der Waals surface area (Å²) in [6.45, 7) is 0. The highest BCUT2D eigenvalue weighted by Crippen LogP contribution is 2.30. The lowest BCUT2D eigenvalue weighted by molar-refractivity contribution is 0.474. The topological polar surface area (TPSA) is 55.1 Å². The van der Waals surface area contributed by atoms with Gasteiger partial charge in [0.2, 0.25) is 0 Å². The quantitative estimate of drug-likeness (QED) is 0.367. The molecule has 144 valence electrons. The Morgan fingerprint density at radius 3 is 2.45 bits per heavy atom. The normalized spacial score (nSPS) is 11.4. The van der Waals surface area contributed by atoms with E-state index in [2.05, 4.69) is 20.9 Å². The lowest BCUT2D eigenvalue weighted by atomic mass is 10.1. The second-order valence-corrected chi connectivity index (χ2v) is 7.96. The first kappa shape index (κ1) is 19.7. The standard InChI is InChI=1S/C22H13BrCl2N2O2/c23-14-9-10-19(28)13(12-14)8-11-20-26-18-7-2-1-4-15(18)22(29)27(20)21-16(24)5-3-6-17(21)25/h1-12,28H. The Labute approximate surface area is 184 Å². The second-order valence-electron chi connectivity index (χ2n) is 6.23. The van der Waals surface area contributed by atoms with Crippen LogP contribution in [0.25, 0.3) is 28.7 Å². The molecular weight excluding hydrogens is 475 g/mol. The number of aromatic hydroxyl groups is 1. The third-order valence-corrected chi connectivity index (χ3v) is 5.47. The fraction of sp³-hybridized carbons (Fsp3) is 0. The SMILES string of the molecule is O=c1c2ccccc2nc(C=Cc2cc(Br)ccc2O)n1-c1c(Cl)cccc1Cl. The first-order valence-corrected chi connectivity index (χ1v) is 10.1. The van der Waals surface area contributed by atoms with Crippen molar-refractivity contribution < 1.29 is 5.11 Å². The number of phenols is 1. The predicted molar refractivity (Wildman–Crippen MR) is 122 cm³/mol. The zero-order valence-corrected chi connectivity index (χ0v) is 17.9. The first-order valence-electron chi connectivity index (χ1n) is 8.58. The average molecular weight is 488 g/mol. The van der Waals surface area contributed by atoms with Crippen LogP contribution in [0.15, 0.2) is 69.9 Å². The van der Waals surface area contributed by atoms with Gasteiger partial charge < -0.3 is 5.11 Å². The summed E-state index contributed by atoms with van der Waals surface area (Å²) < 4.78 is 2.20. The Morgan fingerprint density at radius 2 is 1.69 bits per heavy atom. The van der Waals surface area contributed by atoms with Crippen LogP contribution < -0.4 is 5.56 Å². The van der Waals surface area contributed by atoms with Crippen molar-refractivity contribution in [3.05, 3.63) is 96.9 Å². The molecule has 0 radical (unpaired) electrons. The third kappa shape index (κ3) is 3.81. The number of nitrogens with zero attached hydrogens (tertiary/aromatic N) is 2. The summed E-state index contributed by atoms with van der Waals surface area (Å²) in [4.78, 5) is 17.9. The van der Waals surface area contributed by atoms with E-state index >= 15 is 0 Å². The van der Waals surface area contributed by atoms with Crippen LogP contribution in [0.5, 0.6) is 5.75 Å². The van der Waals surface area contributed by atoms with Crippen LogP contribution in [-0.4, -0.2) is 14.7 Å². The molecule has 0 aliphatic heterocycles. The minimum atomic E-state index is -0.288. The van der Waals surface area contributed by atoms with Crippen LogP contribution >= 0.6 is 39.1 Å². The van der Waals surface area contributed by atoms with Crippen LogP contribution in [-0.2, 0) is 0 Å². The molecule has 0 fully saturated rings. The monoisotopic (exact) mass is 486 g/mol. The van der Waals surface area contributed by atoms with Gasteiger partial charge in [0.25, 0.3) is 5.56 Å². The second kappa shape index (κ2) is 8.03. The number of hydrogen-bond donors (Lipinski definition) is 1. The molecule has 3 aromatic carbocycles. The van der Waals surface area contributed by atoms with Gasteiger partial charge in [-0.1, -0.05) is 57.3 Å². The fourth-order valence-corrected chi connectivity index (χ4v) is 3.95. The molecule has 7 heteroatoms. The molecule has 0 spiro atoms. The molecule has 4 aromatic rings. The molecule has 4 rings (SSSR count). The Hall–Kier alpha value is -2.60. The minimum Gasteiger partial charge on any atom is -0.507 e. The third-order valence-electron chi connectivity index (χ3n) is 4.36. The van der Waals surface area contributed by atoms with Gasteiger partial charge in [-0.2, -0.15) is 0 Å². The maximum atomic E-state index is 13.3. The number of rotatable bonds is 3. The fourth-order valence-electron chi connectivity index (χ4n) is 3.00. The van der Waals surface area contributed by atoms with Crippen molar-refractivity contribution >= 4 is 62.2 Å². The molecule has 0 saturated carbocycles. The maximum Gasteiger partial charge on any atom is 0.266 e. The molecule has 0 bridgehead atoms. The van der Waals surface area contributed by atoms with E-state index in [0.29, 0.717) is 38.0 Å². The molecule has 1 N–H and O–H groups in total. The molecule has 0 aliphatic carbocycles. The van der Waals surface area contributed by atoms with Crippen molar-refractivity contribution in [1.82, 2.24) is 9.55 Å². The van der Waals surface area contributed by atoms with E-state index in [-0.39, 0.29) is 11.3 Å².